The van der Waals surface area contributed by atoms with Gasteiger partial charge in [0.15, 0.2) is 5.96 Å². The molecule has 33 N–H and O–H groups in total. The fraction of sp³-hybridized carbons (Fsp3) is 0.557. The molecule has 14 atom stereocenters. The Morgan fingerprint density at radius 3 is 1.51 bits per heavy atom. The average molecular weight is 2010 g/mol. The lowest BCUT2D eigenvalue weighted by molar-refractivity contribution is -0.149. The summed E-state index contributed by atoms with van der Waals surface area (Å²) >= 11 is 1.26. The lowest BCUT2D eigenvalue weighted by atomic mass is 10.0. The van der Waals surface area contributed by atoms with Gasteiger partial charge in [0.05, 0.1) is 58.0 Å². The number of nitrogens with zero attached hydrogens (tertiary/aromatic N) is 4. The number of carbonyl (C=O) groups excluding carboxylic acids is 18. The summed E-state index contributed by atoms with van der Waals surface area (Å²) in [5, 5.41) is 94.3. The van der Waals surface area contributed by atoms with Gasteiger partial charge in [-0.2, -0.15) is 11.8 Å². The van der Waals surface area contributed by atoms with Crippen molar-refractivity contribution < 1.29 is 126 Å². The van der Waals surface area contributed by atoms with Gasteiger partial charge in [0.25, 0.3) is 0 Å². The number of nitrogens with two attached hydrogens (primary N) is 5. The van der Waals surface area contributed by atoms with Gasteiger partial charge in [-0.05, 0) is 157 Å². The lowest BCUT2D eigenvalue weighted by Gasteiger charge is -2.33. The number of nitrogens with one attached hydrogen (secondary N) is 18. The van der Waals surface area contributed by atoms with E-state index in [0.717, 1.165) is 4.90 Å². The van der Waals surface area contributed by atoms with Crippen LogP contribution in [0.4, 0.5) is 0 Å². The van der Waals surface area contributed by atoms with E-state index in [1.807, 2.05) is 0 Å². The summed E-state index contributed by atoms with van der Waals surface area (Å²) in [6.45, 7) is -3.79. The Hall–Kier alpha value is -14.7. The highest BCUT2D eigenvalue weighted by Crippen LogP contribution is 2.28. The second kappa shape index (κ2) is 58.4. The van der Waals surface area contributed by atoms with Crippen molar-refractivity contribution in [3.8, 4) is 5.75 Å². The molecule has 3 aliphatic rings. The van der Waals surface area contributed by atoms with Crippen molar-refractivity contribution in [2.45, 2.75) is 226 Å². The Morgan fingerprint density at radius 1 is 0.486 bits per heavy atom. The number of aliphatic hydroxyl groups excluding tert-OH is 1. The minimum atomic E-state index is -1.84. The second-order valence-electron chi connectivity index (χ2n) is 34.2. The number of carboxylic acids is 3. The number of likely N-dealkylation sites (tertiary alicyclic amines) is 3. The molecule has 0 saturated carbocycles. The summed E-state index contributed by atoms with van der Waals surface area (Å²) in [4.78, 5) is 300. The zero-order valence-corrected chi connectivity index (χ0v) is 79.2. The molecule has 2 aromatic heterocycles. The maximum atomic E-state index is 14.8. The predicted molar refractivity (Wildman–Crippen MR) is 505 cm³/mol. The van der Waals surface area contributed by atoms with Crippen LogP contribution in [0.15, 0.2) is 67.3 Å². The van der Waals surface area contributed by atoms with Crippen LogP contribution in [-0.2, 0) is 120 Å². The summed E-state index contributed by atoms with van der Waals surface area (Å²) in [5.74, 6) is -21.6. The maximum Gasteiger partial charge on any atom is 0.326 e. The predicted octanol–water partition coefficient (Wildman–Crippen LogP) is -9.20. The van der Waals surface area contributed by atoms with Gasteiger partial charge in [-0.15, -0.1) is 0 Å². The van der Waals surface area contributed by atoms with E-state index in [2.05, 4.69) is 94.7 Å². The van der Waals surface area contributed by atoms with Crippen LogP contribution in [0.1, 0.15) is 139 Å². The molecule has 7 rings (SSSR count). The number of unbranched alkanes of at least 4 members (excludes halogenated alkanes) is 2. The Morgan fingerprint density at radius 2 is 0.965 bits per heavy atom. The number of amides is 18. The van der Waals surface area contributed by atoms with Gasteiger partial charge in [0.2, 0.25) is 106 Å². The van der Waals surface area contributed by atoms with Crippen LogP contribution in [0.3, 0.4) is 0 Å². The Labute approximate surface area is 818 Å². The van der Waals surface area contributed by atoms with Crippen LogP contribution < -0.4 is 108 Å². The van der Waals surface area contributed by atoms with Crippen molar-refractivity contribution in [2.75, 3.05) is 84.1 Å². The number of thioether (sulfide) groups is 1. The number of guanidine groups is 1. The number of hydrogen-bond acceptors (Lipinski definition) is 29. The molecular formula is C88H129N27O26S. The maximum absolute atomic E-state index is 14.8. The highest BCUT2D eigenvalue weighted by Gasteiger charge is 2.46. The van der Waals surface area contributed by atoms with Crippen LogP contribution in [0.25, 0.3) is 10.9 Å². The first-order valence-corrected chi connectivity index (χ1v) is 47.7. The lowest BCUT2D eigenvalue weighted by Crippen LogP contribution is -2.60. The molecule has 2 aromatic carbocycles. The molecule has 142 heavy (non-hydrogen) atoms. The molecule has 18 amide bonds. The minimum Gasteiger partial charge on any atom is -0.508 e. The standard InChI is InChI=1S/C88H129N27O26S/c1-142-33-26-58(107-78(131)55(14-4-6-27-89)105-82(135)59(34-47-20-22-50(117)23-21-47)111-83(136)64-17-9-30-113(64)71(122)44-98-68(119)41-99-74(127)52(91)37-72(123)124)81(134)106-57(24-25-67(92)118)80(133)110-61(36-49-40-95-46-102-49)76(129)101-42-69(120)103-54(16-8-29-96-88(93)94)77(130)109-60(35-48-39-97-53-13-3-2-12-51(48)53)75(128)100-43-70(121)104-63(45-116)85(138)115-32-11-19-66(115)86(139)114-31-10-18-65(114)84(137)108-56(15-5-7-28-90)79(132)112-62(87(140)141)38-73(125)126/h2-3,12-13,20-23,39-40,46,52,54-66,97,116-117H,4-11,14-19,24-38,41-45,89-91H2,1H3,(H2,92,118)(H,95,102)(H,98,119)(H,99,127)(H,100,128)(H,101,129)(H,103,120)(H,104,121)(H,105,135)(H,106,134)(H,107,131)(H,108,137)(H,109,130)(H,110,133)(H,111,136)(H,112,132)(H,123,124)(H,125,126)(H,140,141)(H4,93,94,96)/t52-,54-,55-,56-,57-,58-,59-,60-,61-,62-,63-,64-,65-,66-/m0/s1. The number of para-hydroxylation sites is 1. The number of aliphatic carboxylic acids is 3. The molecule has 3 saturated heterocycles. The van der Waals surface area contributed by atoms with Crippen LogP contribution in [-0.4, -0.2) is 354 Å². The van der Waals surface area contributed by atoms with Crippen molar-refractivity contribution in [3.63, 3.8) is 0 Å². The summed E-state index contributed by atoms with van der Waals surface area (Å²) in [7, 11) is 0. The fourth-order valence-electron chi connectivity index (χ4n) is 16.1. The van der Waals surface area contributed by atoms with Crippen molar-refractivity contribution >= 4 is 153 Å². The van der Waals surface area contributed by atoms with Crippen molar-refractivity contribution in [1.29, 1.82) is 5.41 Å². The van der Waals surface area contributed by atoms with Gasteiger partial charge < -0.3 is 159 Å². The monoisotopic (exact) mass is 2010 g/mol. The highest BCUT2D eigenvalue weighted by atomic mass is 32.2. The van der Waals surface area contributed by atoms with Crippen molar-refractivity contribution in [1.82, 2.24) is 109 Å². The highest BCUT2D eigenvalue weighted by molar-refractivity contribution is 7.98. The van der Waals surface area contributed by atoms with Crippen molar-refractivity contribution in [3.05, 3.63) is 84.1 Å². The summed E-state index contributed by atoms with van der Waals surface area (Å²) in [5.41, 5.74) is 30.0. The molecule has 0 unspecified atom stereocenters. The van der Waals surface area contributed by atoms with E-state index in [1.54, 1.807) is 36.7 Å². The molecule has 5 heterocycles. The van der Waals surface area contributed by atoms with E-state index >= 15 is 0 Å². The first-order chi connectivity index (χ1) is 67.7. The summed E-state index contributed by atoms with van der Waals surface area (Å²) < 4.78 is 0. The van der Waals surface area contributed by atoms with E-state index in [4.69, 9.17) is 39.2 Å². The van der Waals surface area contributed by atoms with Gasteiger partial charge in [0.1, 0.15) is 84.3 Å². The van der Waals surface area contributed by atoms with E-state index in [0.29, 0.717) is 47.7 Å². The van der Waals surface area contributed by atoms with Gasteiger partial charge in [0, 0.05) is 80.9 Å². The number of carbonyl (C=O) groups is 21. The van der Waals surface area contributed by atoms with Gasteiger partial charge in [-0.1, -0.05) is 30.3 Å². The Balaban J connectivity index is 1.02. The fourth-order valence-corrected chi connectivity index (χ4v) is 16.5. The normalized spacial score (nSPS) is 16.6. The number of aromatic hydroxyl groups is 1. The van der Waals surface area contributed by atoms with Crippen molar-refractivity contribution in [2.24, 2.45) is 28.7 Å². The second-order valence-corrected chi connectivity index (χ2v) is 35.1. The molecule has 778 valence electrons. The van der Waals surface area contributed by atoms with Gasteiger partial charge >= 0.3 is 17.9 Å². The SMILES string of the molecule is CSCC[C@H](NC(=O)[C@H](CCCCN)NC(=O)[C@H](Cc1ccc(O)cc1)NC(=O)[C@@H]1CCCN1C(=O)CNC(=O)CNC(=O)[C@@H](N)CC(=O)O)C(=O)N[C@@H](CCC(N)=O)C(=O)N[C@@H](Cc1cnc[nH]1)C(=O)NCC(=O)N[C@@H](CCCNC(=N)N)C(=O)N[C@@H](Cc1c[nH]c2ccccc12)C(=O)NCC(=O)N[C@@H](CO)C(=O)N1CCC[C@H]1C(=O)N1CCC[C@H]1C(=O)N[C@@H](CCCCN)C(=O)N[C@@H](CC(=O)O)C(=O)O. The summed E-state index contributed by atoms with van der Waals surface area (Å²) in [6, 6.07) is -8.49. The first kappa shape index (κ1) is 114. The molecule has 0 aliphatic carbocycles. The molecule has 54 heteroatoms. The van der Waals surface area contributed by atoms with Crippen LogP contribution in [0.5, 0.6) is 5.75 Å². The third-order valence-corrected chi connectivity index (χ3v) is 24.1. The third-order valence-electron chi connectivity index (χ3n) is 23.5. The first-order valence-electron chi connectivity index (χ1n) is 46.3. The smallest absolute Gasteiger partial charge is 0.326 e. The number of benzene rings is 2. The number of primary amides is 1. The molecule has 0 bridgehead atoms. The van der Waals surface area contributed by atoms with E-state index in [9.17, 15) is 121 Å². The number of phenols is 1. The number of aliphatic hydroxyl groups is 1. The van der Waals surface area contributed by atoms with Crippen LogP contribution in [0, 0.1) is 5.41 Å². The minimum absolute atomic E-state index is 0.0140. The molecule has 0 radical (unpaired) electrons. The zero-order chi connectivity index (χ0) is 104. The number of fused-ring (bicyclic) bond motifs is 1. The third kappa shape index (κ3) is 37.2. The van der Waals surface area contributed by atoms with Gasteiger partial charge in [-0.3, -0.25) is 101 Å². The number of hydrogen-bond donors (Lipinski definition) is 28. The molecule has 3 fully saturated rings. The number of imidazole rings is 1. The number of H-pyrrole nitrogens is 2. The van der Waals surface area contributed by atoms with E-state index < -0.39 is 273 Å². The average Bonchev–Trinajstić information content (AvgIpc) is 1.65. The number of aromatic amines is 2. The summed E-state index contributed by atoms with van der Waals surface area (Å²) in [6.07, 6.45) is 4.10. The van der Waals surface area contributed by atoms with Gasteiger partial charge in [-0.25, -0.2) is 9.78 Å². The van der Waals surface area contributed by atoms with E-state index in [1.165, 1.54) is 58.4 Å². The zero-order valence-electron chi connectivity index (χ0n) is 78.4. The topological polar surface area (TPSA) is 848 Å². The number of carboxylic acid groups (broad SMARTS) is 3. The van der Waals surface area contributed by atoms with Crippen LogP contribution in [0.2, 0.25) is 0 Å². The molecular weight excluding hydrogens is 1880 g/mol. The Bertz CT molecular complexity index is 5090. The van der Waals surface area contributed by atoms with E-state index in [-0.39, 0.29) is 146 Å². The molecule has 4 aromatic rings. The van der Waals surface area contributed by atoms with Crippen LogP contribution >= 0.6 is 11.8 Å². The molecule has 0 spiro atoms. The Kier molecular flexibility index (Phi) is 47.0. The number of phenolic OH excluding ortho intramolecular Hbond substituents is 1. The molecule has 53 nitrogen and oxygen atoms in total. The largest absolute Gasteiger partial charge is 0.508 e. The molecule has 3 aliphatic heterocycles. The number of aromatic nitrogens is 3. The quantitative estimate of drug-likeness (QED) is 0.0111. The number of rotatable bonds is 61.